The van der Waals surface area contributed by atoms with Gasteiger partial charge >= 0.3 is 6.18 Å². The molecule has 1 nitrogen and oxygen atoms in total. The van der Waals surface area contributed by atoms with Gasteiger partial charge in [0.25, 0.3) is 0 Å². The van der Waals surface area contributed by atoms with E-state index in [2.05, 4.69) is 5.32 Å². The lowest BCUT2D eigenvalue weighted by atomic mass is 10.2. The molecule has 84 valence electrons. The molecule has 1 N–H and O–H groups in total. The fourth-order valence-electron chi connectivity index (χ4n) is 1.50. The first-order valence-electron chi connectivity index (χ1n) is 4.96. The fraction of sp³-hybridized carbons (Fsp3) is 1.00. The summed E-state index contributed by atoms with van der Waals surface area (Å²) in [5, 5.41) is 3.17. The van der Waals surface area contributed by atoms with Gasteiger partial charge in [-0.3, -0.25) is 0 Å². The first kappa shape index (κ1) is 12.2. The maximum absolute atomic E-state index is 11.8. The molecule has 0 aromatic rings. The van der Waals surface area contributed by atoms with Crippen molar-refractivity contribution < 1.29 is 13.2 Å². The van der Waals surface area contributed by atoms with Crippen molar-refractivity contribution in [2.45, 2.75) is 37.9 Å². The Hall–Kier alpha value is 0.100. The number of halogens is 3. The average molecular weight is 227 g/mol. The van der Waals surface area contributed by atoms with Gasteiger partial charge < -0.3 is 5.32 Å². The van der Waals surface area contributed by atoms with Crippen molar-refractivity contribution in [3.8, 4) is 0 Å². The molecule has 0 aromatic carbocycles. The van der Waals surface area contributed by atoms with Gasteiger partial charge in [0, 0.05) is 18.2 Å². The standard InChI is InChI=1S/C9H16F3NS/c10-9(11,12)4-2-5-13-8-3-1-6-14-7-8/h8,13H,1-7H2. The summed E-state index contributed by atoms with van der Waals surface area (Å²) >= 11 is 1.88. The third-order valence-electron chi connectivity index (χ3n) is 2.23. The van der Waals surface area contributed by atoms with E-state index in [1.54, 1.807) is 0 Å². The minimum atomic E-state index is -4.00. The third kappa shape index (κ3) is 5.75. The minimum Gasteiger partial charge on any atom is -0.313 e. The second kappa shape index (κ2) is 5.85. The smallest absolute Gasteiger partial charge is 0.313 e. The lowest BCUT2D eigenvalue weighted by Crippen LogP contribution is -2.34. The predicted molar refractivity (Wildman–Crippen MR) is 53.6 cm³/mol. The van der Waals surface area contributed by atoms with Gasteiger partial charge in [0.2, 0.25) is 0 Å². The molecule has 1 aliphatic rings. The highest BCUT2D eigenvalue weighted by molar-refractivity contribution is 7.99. The molecule has 0 amide bonds. The van der Waals surface area contributed by atoms with Crippen LogP contribution in [0, 0.1) is 0 Å². The molecule has 1 saturated heterocycles. The van der Waals surface area contributed by atoms with Crippen molar-refractivity contribution in [2.24, 2.45) is 0 Å². The molecule has 5 heteroatoms. The van der Waals surface area contributed by atoms with Gasteiger partial charge in [-0.05, 0) is 31.6 Å². The Bertz CT molecular complexity index is 155. The molecule has 1 fully saturated rings. The number of hydrogen-bond donors (Lipinski definition) is 1. The second-order valence-electron chi connectivity index (χ2n) is 3.59. The molecular formula is C9H16F3NS. The summed E-state index contributed by atoms with van der Waals surface area (Å²) in [6, 6.07) is 0.432. The molecule has 0 radical (unpaired) electrons. The van der Waals surface area contributed by atoms with Crippen molar-refractivity contribution in [3.63, 3.8) is 0 Å². The number of nitrogens with one attached hydrogen (secondary N) is 1. The van der Waals surface area contributed by atoms with E-state index >= 15 is 0 Å². The molecule has 1 heterocycles. The summed E-state index contributed by atoms with van der Waals surface area (Å²) in [6.07, 6.45) is -2.17. The molecule has 1 rings (SSSR count). The summed E-state index contributed by atoms with van der Waals surface area (Å²) < 4.78 is 35.4. The van der Waals surface area contributed by atoms with Gasteiger partial charge in [-0.25, -0.2) is 0 Å². The Balaban J connectivity index is 1.97. The van der Waals surface area contributed by atoms with Gasteiger partial charge in [0.05, 0.1) is 0 Å². The number of hydrogen-bond acceptors (Lipinski definition) is 2. The van der Waals surface area contributed by atoms with Gasteiger partial charge in [0.1, 0.15) is 0 Å². The zero-order chi connectivity index (χ0) is 10.4. The Kier molecular flexibility index (Phi) is 5.09. The van der Waals surface area contributed by atoms with E-state index < -0.39 is 12.6 Å². The molecular weight excluding hydrogens is 211 g/mol. The SMILES string of the molecule is FC(F)(F)CCCNC1CCCSC1. The van der Waals surface area contributed by atoms with Gasteiger partial charge in [-0.2, -0.15) is 24.9 Å². The number of thioether (sulfide) groups is 1. The normalized spacial score (nSPS) is 23.8. The van der Waals surface area contributed by atoms with Crippen molar-refractivity contribution in [1.82, 2.24) is 5.32 Å². The van der Waals surface area contributed by atoms with E-state index in [0.717, 1.165) is 12.2 Å². The highest BCUT2D eigenvalue weighted by Gasteiger charge is 2.26. The molecule has 0 saturated carbocycles. The summed E-state index contributed by atoms with van der Waals surface area (Å²) in [4.78, 5) is 0. The monoisotopic (exact) mass is 227 g/mol. The van der Waals surface area contributed by atoms with Crippen LogP contribution in [0.5, 0.6) is 0 Å². The van der Waals surface area contributed by atoms with Crippen LogP contribution in [-0.4, -0.2) is 30.3 Å². The summed E-state index contributed by atoms with van der Waals surface area (Å²) in [6.45, 7) is 0.491. The zero-order valence-electron chi connectivity index (χ0n) is 8.07. The van der Waals surface area contributed by atoms with E-state index in [1.165, 1.54) is 12.2 Å². The van der Waals surface area contributed by atoms with Gasteiger partial charge in [-0.15, -0.1) is 0 Å². The van der Waals surface area contributed by atoms with Gasteiger partial charge in [0.15, 0.2) is 0 Å². The van der Waals surface area contributed by atoms with Crippen LogP contribution < -0.4 is 5.32 Å². The average Bonchev–Trinajstić information content (AvgIpc) is 2.13. The van der Waals surface area contributed by atoms with Crippen LogP contribution in [-0.2, 0) is 0 Å². The van der Waals surface area contributed by atoms with E-state index in [0.29, 0.717) is 12.6 Å². The second-order valence-corrected chi connectivity index (χ2v) is 4.74. The maximum atomic E-state index is 11.8. The first-order chi connectivity index (χ1) is 6.58. The van der Waals surface area contributed by atoms with Crippen LogP contribution in [0.4, 0.5) is 13.2 Å². The van der Waals surface area contributed by atoms with E-state index in [-0.39, 0.29) is 6.42 Å². The molecule has 0 aliphatic carbocycles. The number of rotatable bonds is 4. The van der Waals surface area contributed by atoms with Gasteiger partial charge in [-0.1, -0.05) is 0 Å². The molecule has 1 unspecified atom stereocenters. The Morgan fingerprint density at radius 1 is 1.36 bits per heavy atom. The third-order valence-corrected chi connectivity index (χ3v) is 3.45. The zero-order valence-corrected chi connectivity index (χ0v) is 8.89. The lowest BCUT2D eigenvalue weighted by Gasteiger charge is -2.22. The van der Waals surface area contributed by atoms with Crippen LogP contribution in [0.15, 0.2) is 0 Å². The fourth-order valence-corrected chi connectivity index (χ4v) is 2.60. The quantitative estimate of drug-likeness (QED) is 0.741. The molecule has 0 bridgehead atoms. The van der Waals surface area contributed by atoms with Crippen molar-refractivity contribution in [2.75, 3.05) is 18.1 Å². The predicted octanol–water partition coefficient (Wildman–Crippen LogP) is 2.81. The highest BCUT2D eigenvalue weighted by atomic mass is 32.2. The Morgan fingerprint density at radius 2 is 2.14 bits per heavy atom. The maximum Gasteiger partial charge on any atom is 0.389 e. The van der Waals surface area contributed by atoms with Crippen molar-refractivity contribution in [1.29, 1.82) is 0 Å². The largest absolute Gasteiger partial charge is 0.389 e. The van der Waals surface area contributed by atoms with Crippen LogP contribution >= 0.6 is 11.8 Å². The van der Waals surface area contributed by atoms with E-state index in [4.69, 9.17) is 0 Å². The van der Waals surface area contributed by atoms with Crippen LogP contribution in [0.25, 0.3) is 0 Å². The number of alkyl halides is 3. The van der Waals surface area contributed by atoms with Crippen LogP contribution in [0.3, 0.4) is 0 Å². The van der Waals surface area contributed by atoms with E-state index in [9.17, 15) is 13.2 Å². The summed E-state index contributed by atoms with van der Waals surface area (Å²) in [7, 11) is 0. The Morgan fingerprint density at radius 3 is 2.71 bits per heavy atom. The lowest BCUT2D eigenvalue weighted by molar-refractivity contribution is -0.135. The van der Waals surface area contributed by atoms with Crippen molar-refractivity contribution in [3.05, 3.63) is 0 Å². The highest BCUT2D eigenvalue weighted by Crippen LogP contribution is 2.21. The molecule has 0 aromatic heterocycles. The minimum absolute atomic E-state index is 0.199. The molecule has 0 spiro atoms. The molecule has 1 aliphatic heterocycles. The summed E-state index contributed by atoms with van der Waals surface area (Å²) in [5.41, 5.74) is 0. The van der Waals surface area contributed by atoms with E-state index in [1.807, 2.05) is 11.8 Å². The molecule has 14 heavy (non-hydrogen) atoms. The van der Waals surface area contributed by atoms with Crippen LogP contribution in [0.2, 0.25) is 0 Å². The Labute approximate surface area is 86.8 Å². The van der Waals surface area contributed by atoms with Crippen molar-refractivity contribution >= 4 is 11.8 Å². The first-order valence-corrected chi connectivity index (χ1v) is 6.11. The van der Waals surface area contributed by atoms with Crippen LogP contribution in [0.1, 0.15) is 25.7 Å². The topological polar surface area (TPSA) is 12.0 Å². The summed E-state index contributed by atoms with van der Waals surface area (Å²) in [5.74, 6) is 2.24. The molecule has 1 atom stereocenters.